The Morgan fingerprint density at radius 2 is 2.16 bits per heavy atom. The average Bonchev–Trinajstić information content (AvgIpc) is 2.41. The average molecular weight is 267 g/mol. The third-order valence-corrected chi connectivity index (χ3v) is 3.18. The van der Waals surface area contributed by atoms with Gasteiger partial charge in [0.1, 0.15) is 5.82 Å². The van der Waals surface area contributed by atoms with Crippen molar-refractivity contribution in [1.82, 2.24) is 5.32 Å². The summed E-state index contributed by atoms with van der Waals surface area (Å²) in [5, 5.41) is 3.43. The molecule has 0 saturated carbocycles. The maximum atomic E-state index is 13.3. The topological polar surface area (TPSA) is 21.3 Å². The van der Waals surface area contributed by atoms with Crippen LogP contribution in [0.5, 0.6) is 0 Å². The standard InChI is InChI=1S/C16H26FNO/c1-3-10-18-13-15(8-6-11-19-4-2)14-7-5-9-16(17)12-14/h5,7,9,12,15,18H,3-4,6,8,10-11,13H2,1-2H3. The van der Waals surface area contributed by atoms with Crippen molar-refractivity contribution in [3.05, 3.63) is 35.6 Å². The number of halogens is 1. The van der Waals surface area contributed by atoms with E-state index in [1.165, 1.54) is 6.07 Å². The van der Waals surface area contributed by atoms with E-state index in [-0.39, 0.29) is 5.82 Å². The van der Waals surface area contributed by atoms with Crippen LogP contribution < -0.4 is 5.32 Å². The lowest BCUT2D eigenvalue weighted by molar-refractivity contribution is 0.141. The Kier molecular flexibility index (Phi) is 8.43. The highest BCUT2D eigenvalue weighted by Crippen LogP contribution is 2.21. The molecule has 0 radical (unpaired) electrons. The molecule has 0 aromatic heterocycles. The molecule has 1 N–H and O–H groups in total. The van der Waals surface area contributed by atoms with E-state index in [1.54, 1.807) is 12.1 Å². The minimum absolute atomic E-state index is 0.150. The smallest absolute Gasteiger partial charge is 0.123 e. The molecule has 2 nitrogen and oxygen atoms in total. The first-order valence-electron chi connectivity index (χ1n) is 7.31. The van der Waals surface area contributed by atoms with Gasteiger partial charge in [0.2, 0.25) is 0 Å². The Labute approximate surface area is 116 Å². The molecule has 0 bridgehead atoms. The summed E-state index contributed by atoms with van der Waals surface area (Å²) in [4.78, 5) is 0. The van der Waals surface area contributed by atoms with Crippen molar-refractivity contribution in [1.29, 1.82) is 0 Å². The number of hydrogen-bond acceptors (Lipinski definition) is 2. The molecule has 19 heavy (non-hydrogen) atoms. The summed E-state index contributed by atoms with van der Waals surface area (Å²) in [6.45, 7) is 7.63. The zero-order chi connectivity index (χ0) is 13.9. The number of hydrogen-bond donors (Lipinski definition) is 1. The van der Waals surface area contributed by atoms with Gasteiger partial charge in [-0.2, -0.15) is 0 Å². The summed E-state index contributed by atoms with van der Waals surface area (Å²) in [5.41, 5.74) is 1.08. The van der Waals surface area contributed by atoms with Crippen LogP contribution >= 0.6 is 0 Å². The van der Waals surface area contributed by atoms with Crippen LogP contribution in [0.3, 0.4) is 0 Å². The summed E-state index contributed by atoms with van der Waals surface area (Å²) in [6.07, 6.45) is 3.16. The van der Waals surface area contributed by atoms with Gasteiger partial charge in [-0.15, -0.1) is 0 Å². The molecule has 1 atom stereocenters. The normalized spacial score (nSPS) is 12.6. The Morgan fingerprint density at radius 3 is 2.84 bits per heavy atom. The van der Waals surface area contributed by atoms with E-state index in [4.69, 9.17) is 4.74 Å². The largest absolute Gasteiger partial charge is 0.382 e. The van der Waals surface area contributed by atoms with Crippen molar-refractivity contribution in [2.24, 2.45) is 0 Å². The predicted molar refractivity (Wildman–Crippen MR) is 78.0 cm³/mol. The molecule has 3 heteroatoms. The molecular weight excluding hydrogens is 241 g/mol. The van der Waals surface area contributed by atoms with Crippen molar-refractivity contribution in [3.8, 4) is 0 Å². The fourth-order valence-corrected chi connectivity index (χ4v) is 2.18. The minimum atomic E-state index is -0.150. The van der Waals surface area contributed by atoms with Crippen molar-refractivity contribution >= 4 is 0 Å². The second kappa shape index (κ2) is 9.93. The van der Waals surface area contributed by atoms with Gasteiger partial charge in [-0.05, 0) is 56.3 Å². The van der Waals surface area contributed by atoms with Crippen LogP contribution in [0.2, 0.25) is 0 Å². The molecule has 1 aromatic carbocycles. The number of rotatable bonds is 10. The highest BCUT2D eigenvalue weighted by atomic mass is 19.1. The lowest BCUT2D eigenvalue weighted by Gasteiger charge is -2.18. The number of nitrogens with one attached hydrogen (secondary N) is 1. The van der Waals surface area contributed by atoms with E-state index >= 15 is 0 Å². The molecule has 1 unspecified atom stereocenters. The first kappa shape index (κ1) is 16.1. The molecule has 1 rings (SSSR count). The second-order valence-corrected chi connectivity index (χ2v) is 4.80. The lowest BCUT2D eigenvalue weighted by Crippen LogP contribution is -2.22. The van der Waals surface area contributed by atoms with Crippen LogP contribution in [0.4, 0.5) is 4.39 Å². The summed E-state index contributed by atoms with van der Waals surface area (Å²) >= 11 is 0. The molecule has 0 heterocycles. The van der Waals surface area contributed by atoms with E-state index in [1.807, 2.05) is 13.0 Å². The first-order chi connectivity index (χ1) is 9.27. The summed E-state index contributed by atoms with van der Waals surface area (Å²) in [7, 11) is 0. The van der Waals surface area contributed by atoms with Gasteiger partial charge in [0.05, 0.1) is 0 Å². The number of benzene rings is 1. The van der Waals surface area contributed by atoms with Crippen LogP contribution in [0.1, 0.15) is 44.6 Å². The minimum Gasteiger partial charge on any atom is -0.382 e. The summed E-state index contributed by atoms with van der Waals surface area (Å²) in [5.74, 6) is 0.213. The van der Waals surface area contributed by atoms with Gasteiger partial charge in [-0.1, -0.05) is 19.1 Å². The lowest BCUT2D eigenvalue weighted by atomic mass is 9.94. The highest BCUT2D eigenvalue weighted by molar-refractivity contribution is 5.21. The van der Waals surface area contributed by atoms with Gasteiger partial charge >= 0.3 is 0 Å². The molecular formula is C16H26FNO. The quantitative estimate of drug-likeness (QED) is 0.652. The van der Waals surface area contributed by atoms with Crippen LogP contribution in [0, 0.1) is 5.82 Å². The Hall–Kier alpha value is -0.930. The summed E-state index contributed by atoms with van der Waals surface area (Å²) < 4.78 is 18.7. The molecule has 0 aliphatic rings. The molecule has 108 valence electrons. The molecule has 0 spiro atoms. The second-order valence-electron chi connectivity index (χ2n) is 4.80. The third kappa shape index (κ3) is 6.69. The van der Waals surface area contributed by atoms with E-state index < -0.39 is 0 Å². The molecule has 0 saturated heterocycles. The van der Waals surface area contributed by atoms with Crippen molar-refractivity contribution in [2.75, 3.05) is 26.3 Å². The Morgan fingerprint density at radius 1 is 1.32 bits per heavy atom. The maximum absolute atomic E-state index is 13.3. The summed E-state index contributed by atoms with van der Waals surface area (Å²) in [6, 6.07) is 6.96. The van der Waals surface area contributed by atoms with Gasteiger partial charge in [-0.25, -0.2) is 4.39 Å². The molecule has 0 amide bonds. The molecule has 1 aromatic rings. The van der Waals surface area contributed by atoms with Crippen molar-refractivity contribution in [3.63, 3.8) is 0 Å². The van der Waals surface area contributed by atoms with Gasteiger partial charge in [0.15, 0.2) is 0 Å². The Balaban J connectivity index is 2.52. The van der Waals surface area contributed by atoms with E-state index in [0.717, 1.165) is 51.1 Å². The fraction of sp³-hybridized carbons (Fsp3) is 0.625. The van der Waals surface area contributed by atoms with Gasteiger partial charge < -0.3 is 10.1 Å². The Bertz CT molecular complexity index is 343. The van der Waals surface area contributed by atoms with Crippen LogP contribution in [0.25, 0.3) is 0 Å². The predicted octanol–water partition coefficient (Wildman–Crippen LogP) is 3.73. The van der Waals surface area contributed by atoms with E-state index in [2.05, 4.69) is 12.2 Å². The number of ether oxygens (including phenoxy) is 1. The zero-order valence-electron chi connectivity index (χ0n) is 12.1. The SMILES string of the molecule is CCCNCC(CCCOCC)c1cccc(F)c1. The third-order valence-electron chi connectivity index (χ3n) is 3.18. The van der Waals surface area contributed by atoms with Crippen molar-refractivity contribution in [2.45, 2.75) is 39.0 Å². The first-order valence-corrected chi connectivity index (χ1v) is 7.31. The van der Waals surface area contributed by atoms with E-state index in [9.17, 15) is 4.39 Å². The monoisotopic (exact) mass is 267 g/mol. The van der Waals surface area contributed by atoms with Crippen LogP contribution in [-0.2, 0) is 4.74 Å². The molecule has 0 aliphatic heterocycles. The molecule has 0 fully saturated rings. The zero-order valence-corrected chi connectivity index (χ0v) is 12.1. The van der Waals surface area contributed by atoms with Crippen molar-refractivity contribution < 1.29 is 9.13 Å². The maximum Gasteiger partial charge on any atom is 0.123 e. The van der Waals surface area contributed by atoms with Crippen LogP contribution in [-0.4, -0.2) is 26.3 Å². The van der Waals surface area contributed by atoms with Gasteiger partial charge in [-0.3, -0.25) is 0 Å². The van der Waals surface area contributed by atoms with Crippen LogP contribution in [0.15, 0.2) is 24.3 Å². The highest BCUT2D eigenvalue weighted by Gasteiger charge is 2.11. The molecule has 0 aliphatic carbocycles. The van der Waals surface area contributed by atoms with Gasteiger partial charge in [0, 0.05) is 19.8 Å². The fourth-order valence-electron chi connectivity index (χ4n) is 2.18. The van der Waals surface area contributed by atoms with E-state index in [0.29, 0.717) is 5.92 Å². The van der Waals surface area contributed by atoms with Gasteiger partial charge in [0.25, 0.3) is 0 Å².